The van der Waals surface area contributed by atoms with E-state index in [0.29, 0.717) is 44.0 Å². The molecule has 2 aliphatic rings. The number of piperidine rings is 1. The van der Waals surface area contributed by atoms with E-state index in [1.807, 2.05) is 75.4 Å². The second-order valence-corrected chi connectivity index (χ2v) is 12.2. The Morgan fingerprint density at radius 2 is 1.88 bits per heavy atom. The molecule has 230 valence electrons. The van der Waals surface area contributed by atoms with Gasteiger partial charge in [-0.25, -0.2) is 4.79 Å². The number of benzene rings is 1. The summed E-state index contributed by atoms with van der Waals surface area (Å²) in [6, 6.07) is 10.4. The number of carbonyl (C=O) groups excluding carboxylic acids is 2. The van der Waals surface area contributed by atoms with E-state index in [2.05, 4.69) is 6.58 Å². The molecular formula is C34H44N4O5. The fourth-order valence-corrected chi connectivity index (χ4v) is 5.79. The lowest BCUT2D eigenvalue weighted by atomic mass is 9.69. The number of pyridine rings is 1. The molecule has 2 fully saturated rings. The number of rotatable bonds is 7. The molecule has 0 saturated carbocycles. The SMILES string of the molecule is C=C(/C=C\C=C/C)[C@@H]1COCCN1C(=O)N1CC[C@@](O)(Cn2cc(C(=O)N(C)C)c(-c3ccccc3)cc2=O)C(C)(C)C1. The second-order valence-electron chi connectivity index (χ2n) is 12.2. The molecule has 9 nitrogen and oxygen atoms in total. The fraction of sp³-hybridized carbons (Fsp3) is 0.441. The Kier molecular flexibility index (Phi) is 9.77. The Morgan fingerprint density at radius 1 is 1.16 bits per heavy atom. The van der Waals surface area contributed by atoms with Gasteiger partial charge in [0.1, 0.15) is 0 Å². The molecule has 9 heteroatoms. The van der Waals surface area contributed by atoms with Crippen molar-refractivity contribution in [3.63, 3.8) is 0 Å². The third-order valence-electron chi connectivity index (χ3n) is 8.61. The van der Waals surface area contributed by atoms with Crippen molar-refractivity contribution in [1.82, 2.24) is 19.3 Å². The number of carbonyl (C=O) groups is 2. The second kappa shape index (κ2) is 13.1. The zero-order valence-electron chi connectivity index (χ0n) is 26.0. The fourth-order valence-electron chi connectivity index (χ4n) is 5.79. The van der Waals surface area contributed by atoms with Crippen molar-refractivity contribution in [3.05, 3.63) is 95.0 Å². The van der Waals surface area contributed by atoms with E-state index < -0.39 is 11.0 Å². The smallest absolute Gasteiger partial charge is 0.320 e. The average molecular weight is 589 g/mol. The topological polar surface area (TPSA) is 95.3 Å². The van der Waals surface area contributed by atoms with E-state index in [4.69, 9.17) is 4.74 Å². The maximum Gasteiger partial charge on any atom is 0.320 e. The normalized spacial score (nSPS) is 22.2. The van der Waals surface area contributed by atoms with E-state index in [9.17, 15) is 19.5 Å². The van der Waals surface area contributed by atoms with Crippen LogP contribution in [-0.4, -0.2) is 94.9 Å². The maximum absolute atomic E-state index is 13.8. The van der Waals surface area contributed by atoms with Crippen LogP contribution in [0.25, 0.3) is 11.1 Å². The number of likely N-dealkylation sites (tertiary alicyclic amines) is 1. The van der Waals surface area contributed by atoms with E-state index in [1.165, 1.54) is 15.5 Å². The molecular weight excluding hydrogens is 544 g/mol. The molecule has 0 spiro atoms. The summed E-state index contributed by atoms with van der Waals surface area (Å²) in [7, 11) is 3.34. The van der Waals surface area contributed by atoms with Crippen LogP contribution in [-0.2, 0) is 11.3 Å². The number of ether oxygens (including phenoxy) is 1. The number of nitrogens with zero attached hydrogens (tertiary/aromatic N) is 4. The van der Waals surface area contributed by atoms with Crippen LogP contribution in [0.2, 0.25) is 0 Å². The third-order valence-corrected chi connectivity index (χ3v) is 8.61. The molecule has 2 aliphatic heterocycles. The van der Waals surface area contributed by atoms with Crippen molar-refractivity contribution in [2.24, 2.45) is 5.41 Å². The highest BCUT2D eigenvalue weighted by Gasteiger charge is 2.50. The number of hydrogen-bond acceptors (Lipinski definition) is 5. The molecule has 2 saturated heterocycles. The monoisotopic (exact) mass is 588 g/mol. The minimum atomic E-state index is -1.30. The van der Waals surface area contributed by atoms with Crippen LogP contribution in [0.15, 0.2) is 83.8 Å². The van der Waals surface area contributed by atoms with Crippen molar-refractivity contribution in [2.75, 3.05) is 46.9 Å². The number of hydrogen-bond donors (Lipinski definition) is 1. The van der Waals surface area contributed by atoms with Crippen molar-refractivity contribution >= 4 is 11.9 Å². The van der Waals surface area contributed by atoms with Crippen LogP contribution < -0.4 is 5.56 Å². The van der Waals surface area contributed by atoms with Gasteiger partial charge in [0.05, 0.1) is 37.0 Å². The predicted octanol–water partition coefficient (Wildman–Crippen LogP) is 4.19. The van der Waals surface area contributed by atoms with Gasteiger partial charge in [-0.2, -0.15) is 0 Å². The first-order valence-electron chi connectivity index (χ1n) is 14.7. The Labute approximate surface area is 254 Å². The van der Waals surface area contributed by atoms with Crippen LogP contribution in [0, 0.1) is 5.41 Å². The average Bonchev–Trinajstić information content (AvgIpc) is 2.99. The molecule has 0 radical (unpaired) electrons. The van der Waals surface area contributed by atoms with Crippen molar-refractivity contribution in [2.45, 2.75) is 45.4 Å². The van der Waals surface area contributed by atoms with Gasteiger partial charge >= 0.3 is 6.03 Å². The summed E-state index contributed by atoms with van der Waals surface area (Å²) >= 11 is 0. The number of aromatic nitrogens is 1. The van der Waals surface area contributed by atoms with E-state index in [1.54, 1.807) is 30.1 Å². The largest absolute Gasteiger partial charge is 0.387 e. The van der Waals surface area contributed by atoms with Gasteiger partial charge in [-0.15, -0.1) is 0 Å². The van der Waals surface area contributed by atoms with Crippen molar-refractivity contribution in [1.29, 1.82) is 0 Å². The van der Waals surface area contributed by atoms with E-state index in [0.717, 1.165) is 11.1 Å². The molecule has 1 aromatic carbocycles. The van der Waals surface area contributed by atoms with E-state index in [-0.39, 0.29) is 36.5 Å². The first-order valence-corrected chi connectivity index (χ1v) is 14.7. The van der Waals surface area contributed by atoms with Gasteiger partial charge < -0.3 is 29.1 Å². The van der Waals surface area contributed by atoms with Crippen LogP contribution in [0.5, 0.6) is 0 Å². The zero-order chi connectivity index (χ0) is 31.4. The Hall–Kier alpha value is -3.95. The minimum absolute atomic E-state index is 0.00360. The van der Waals surface area contributed by atoms with Gasteiger partial charge in [0, 0.05) is 57.0 Å². The lowest BCUT2D eigenvalue weighted by molar-refractivity contribution is -0.123. The molecule has 3 amide bonds. The summed E-state index contributed by atoms with van der Waals surface area (Å²) in [5, 5.41) is 12.0. The van der Waals surface area contributed by atoms with Crippen molar-refractivity contribution in [3.8, 4) is 11.1 Å². The zero-order valence-corrected chi connectivity index (χ0v) is 26.0. The quantitative estimate of drug-likeness (QED) is 0.490. The maximum atomic E-state index is 13.8. The number of amides is 3. The molecule has 2 atom stereocenters. The highest BCUT2D eigenvalue weighted by Crippen LogP contribution is 2.40. The molecule has 4 rings (SSSR count). The van der Waals surface area contributed by atoms with Gasteiger partial charge in [-0.05, 0) is 24.5 Å². The Bertz CT molecular complexity index is 1460. The molecule has 1 N–H and O–H groups in total. The number of morpholine rings is 1. The summed E-state index contributed by atoms with van der Waals surface area (Å²) in [5.41, 5.74) is 0.126. The molecule has 43 heavy (non-hydrogen) atoms. The van der Waals surface area contributed by atoms with Gasteiger partial charge in [-0.3, -0.25) is 9.59 Å². The van der Waals surface area contributed by atoms with E-state index >= 15 is 0 Å². The van der Waals surface area contributed by atoms with Crippen LogP contribution in [0.3, 0.4) is 0 Å². The minimum Gasteiger partial charge on any atom is -0.387 e. The first-order chi connectivity index (χ1) is 20.4. The first kappa shape index (κ1) is 32.0. The molecule has 0 unspecified atom stereocenters. The molecule has 1 aromatic heterocycles. The highest BCUT2D eigenvalue weighted by atomic mass is 16.5. The Morgan fingerprint density at radius 3 is 2.53 bits per heavy atom. The van der Waals surface area contributed by atoms with Gasteiger partial charge in [0.15, 0.2) is 0 Å². The molecule has 0 bridgehead atoms. The van der Waals surface area contributed by atoms with Crippen molar-refractivity contribution < 1.29 is 19.4 Å². The number of urea groups is 1. The van der Waals surface area contributed by atoms with Gasteiger partial charge in [0.25, 0.3) is 11.5 Å². The summed E-state index contributed by atoms with van der Waals surface area (Å²) in [6.45, 7) is 11.8. The molecule has 0 aliphatic carbocycles. The van der Waals surface area contributed by atoms with Gasteiger partial charge in [0.2, 0.25) is 0 Å². The third kappa shape index (κ3) is 6.84. The van der Waals surface area contributed by atoms with Crippen LogP contribution >= 0.6 is 0 Å². The van der Waals surface area contributed by atoms with Gasteiger partial charge in [-0.1, -0.05) is 75.1 Å². The number of allylic oxidation sites excluding steroid dienone is 3. The Balaban J connectivity index is 1.57. The summed E-state index contributed by atoms with van der Waals surface area (Å²) < 4.78 is 7.11. The summed E-state index contributed by atoms with van der Waals surface area (Å²) in [5.74, 6) is -0.235. The molecule has 2 aromatic rings. The summed E-state index contributed by atoms with van der Waals surface area (Å²) in [4.78, 5) is 45.4. The summed E-state index contributed by atoms with van der Waals surface area (Å²) in [6.07, 6.45) is 9.46. The van der Waals surface area contributed by atoms with Crippen LogP contribution in [0.1, 0.15) is 37.6 Å². The number of aliphatic hydroxyl groups is 1. The predicted molar refractivity (Wildman–Crippen MR) is 169 cm³/mol. The standard InChI is InChI=1S/C34H44N4O5/c1-7-8-10-13-25(2)29-22-43-19-18-38(29)32(41)36-17-16-34(42,33(3,4)23-36)24-37-21-28(31(40)35(5)6)27(20-30(37)39)26-14-11-9-12-15-26/h7-15,20-21,29,42H,2,16-19,22-24H2,1,3-6H3/b8-7-,13-10-/t29-,34+/m0/s1. The lowest BCUT2D eigenvalue weighted by Gasteiger charge is -2.51. The highest BCUT2D eigenvalue weighted by molar-refractivity contribution is 6.00. The van der Waals surface area contributed by atoms with Crippen LogP contribution in [0.4, 0.5) is 4.79 Å². The lowest BCUT2D eigenvalue weighted by Crippen LogP contribution is -2.63. The molecule has 3 heterocycles.